The minimum atomic E-state index is -0.00323. The van der Waals surface area contributed by atoms with Crippen molar-refractivity contribution >= 4 is 11.1 Å². The van der Waals surface area contributed by atoms with Gasteiger partial charge in [0.25, 0.3) is 0 Å². The molecule has 0 saturated heterocycles. The van der Waals surface area contributed by atoms with Crippen LogP contribution in [0.2, 0.25) is 0 Å². The minimum Gasteiger partial charge on any atom is -0.0654 e. The Morgan fingerprint density at radius 3 is 1.18 bits per heavy atom. The van der Waals surface area contributed by atoms with Gasteiger partial charge in [0.1, 0.15) is 0 Å². The molecule has 0 N–H and O–H groups in total. The van der Waals surface area contributed by atoms with Crippen molar-refractivity contribution in [2.75, 3.05) is 0 Å². The van der Waals surface area contributed by atoms with Crippen LogP contribution in [0.5, 0.6) is 0 Å². The first-order valence-corrected chi connectivity index (χ1v) is 24.1. The second-order valence-electron chi connectivity index (χ2n) is 18.3. The molecule has 2 aliphatic rings. The van der Waals surface area contributed by atoms with Gasteiger partial charge in [-0.15, -0.1) is 0 Å². The van der Waals surface area contributed by atoms with Crippen molar-refractivity contribution in [2.24, 2.45) is 0 Å². The molecule has 2 aliphatic carbocycles. The Balaban J connectivity index is 1.15. The van der Waals surface area contributed by atoms with E-state index in [9.17, 15) is 0 Å². The van der Waals surface area contributed by atoms with Crippen molar-refractivity contribution in [1.29, 1.82) is 0 Å². The van der Waals surface area contributed by atoms with Crippen LogP contribution in [0.15, 0.2) is 164 Å². The summed E-state index contributed by atoms with van der Waals surface area (Å²) >= 11 is 0. The zero-order chi connectivity index (χ0) is 42.3. The summed E-state index contributed by atoms with van der Waals surface area (Å²) in [6.45, 7) is 6.97. The largest absolute Gasteiger partial charge is 0.0654 e. The smallest absolute Gasteiger partial charge is 0.0215 e. The Morgan fingerprint density at radius 2 is 0.710 bits per heavy atom. The molecule has 0 amide bonds. The third kappa shape index (κ3) is 8.30. The average Bonchev–Trinajstić information content (AvgIpc) is 3.80. The van der Waals surface area contributed by atoms with Gasteiger partial charge < -0.3 is 0 Å². The normalized spacial score (nSPS) is 14.0. The summed E-state index contributed by atoms with van der Waals surface area (Å²) in [5.74, 6) is 0. The molecule has 312 valence electrons. The quantitative estimate of drug-likeness (QED) is 0.0758. The first kappa shape index (κ1) is 41.6. The van der Waals surface area contributed by atoms with Crippen LogP contribution in [0.4, 0.5) is 0 Å². The second kappa shape index (κ2) is 19.1. The van der Waals surface area contributed by atoms with Crippen LogP contribution in [0.1, 0.15) is 138 Å². The van der Waals surface area contributed by atoms with Crippen molar-refractivity contribution < 1.29 is 0 Å². The van der Waals surface area contributed by atoms with Crippen molar-refractivity contribution in [3.05, 3.63) is 192 Å². The van der Waals surface area contributed by atoms with E-state index in [1.165, 1.54) is 173 Å². The van der Waals surface area contributed by atoms with Gasteiger partial charge in [0.2, 0.25) is 0 Å². The lowest BCUT2D eigenvalue weighted by molar-refractivity contribution is 0.398. The highest BCUT2D eigenvalue weighted by atomic mass is 14.5. The highest BCUT2D eigenvalue weighted by molar-refractivity contribution is 6.11. The van der Waals surface area contributed by atoms with E-state index in [2.05, 4.69) is 185 Å². The van der Waals surface area contributed by atoms with Crippen LogP contribution in [-0.4, -0.2) is 0 Å². The summed E-state index contributed by atoms with van der Waals surface area (Å²) < 4.78 is 0. The first-order valence-electron chi connectivity index (χ1n) is 24.1. The van der Waals surface area contributed by atoms with Gasteiger partial charge in [-0.3, -0.25) is 0 Å². The lowest BCUT2D eigenvalue weighted by atomic mass is 9.70. The molecule has 0 fully saturated rings. The van der Waals surface area contributed by atoms with E-state index in [-0.39, 0.29) is 5.41 Å². The van der Waals surface area contributed by atoms with Crippen LogP contribution >= 0.6 is 0 Å². The standard InChI is InChI=1S/C62H64/c1-4-6-8-10-12-23-39-62(40-24-13-11-9-7-5-2)59-43-51(48-29-21-16-22-30-48)33-37-55(59)56-38-34-52(44-60(56)62)50-32-36-54-53-35-31-49(47-27-19-15-20-28-47)41-57(53)61(58(54)42-50)45(3)46-25-17-14-18-26-46/h14-22,25-38,41-44H,4-13,23-24,39-40H2,1-3H3/b61-45-. The molecule has 0 bridgehead atoms. The minimum absolute atomic E-state index is 0.00323. The summed E-state index contributed by atoms with van der Waals surface area (Å²) in [7, 11) is 0. The molecule has 0 aliphatic heterocycles. The van der Waals surface area contributed by atoms with Gasteiger partial charge >= 0.3 is 0 Å². The molecule has 7 aromatic rings. The molecule has 0 saturated carbocycles. The van der Waals surface area contributed by atoms with Crippen LogP contribution in [0.25, 0.3) is 66.8 Å². The Labute approximate surface area is 372 Å². The molecule has 7 aromatic carbocycles. The summed E-state index contributed by atoms with van der Waals surface area (Å²) in [5.41, 5.74) is 23.1. The third-order valence-corrected chi connectivity index (χ3v) is 14.3. The molecular weight excluding hydrogens is 745 g/mol. The maximum Gasteiger partial charge on any atom is 0.0215 e. The highest BCUT2D eigenvalue weighted by Crippen LogP contribution is 2.56. The number of hydrogen-bond acceptors (Lipinski definition) is 0. The van der Waals surface area contributed by atoms with Gasteiger partial charge in [-0.1, -0.05) is 230 Å². The van der Waals surface area contributed by atoms with E-state index >= 15 is 0 Å². The maximum atomic E-state index is 2.64. The number of benzene rings is 7. The molecule has 0 heteroatoms. The van der Waals surface area contributed by atoms with Crippen LogP contribution < -0.4 is 0 Å². The summed E-state index contributed by atoms with van der Waals surface area (Å²) in [6, 6.07) is 62.3. The molecule has 0 atom stereocenters. The van der Waals surface area contributed by atoms with Gasteiger partial charge in [0.15, 0.2) is 0 Å². The van der Waals surface area contributed by atoms with Gasteiger partial charge in [0.05, 0.1) is 0 Å². The van der Waals surface area contributed by atoms with Gasteiger partial charge in [-0.05, 0) is 139 Å². The topological polar surface area (TPSA) is 0 Å². The predicted molar refractivity (Wildman–Crippen MR) is 268 cm³/mol. The van der Waals surface area contributed by atoms with Gasteiger partial charge in [0, 0.05) is 5.41 Å². The molecule has 0 spiro atoms. The van der Waals surface area contributed by atoms with Gasteiger partial charge in [-0.25, -0.2) is 0 Å². The second-order valence-corrected chi connectivity index (χ2v) is 18.3. The lowest BCUT2D eigenvalue weighted by Crippen LogP contribution is -2.25. The zero-order valence-corrected chi connectivity index (χ0v) is 37.5. The first-order chi connectivity index (χ1) is 30.6. The zero-order valence-electron chi connectivity index (χ0n) is 37.5. The Bertz CT molecular complexity index is 2630. The van der Waals surface area contributed by atoms with E-state index in [1.54, 1.807) is 11.1 Å². The van der Waals surface area contributed by atoms with E-state index in [4.69, 9.17) is 0 Å². The SMILES string of the molecule is CCCCCCCCC1(CCCCCCCC)c2cc(-c3ccccc3)ccc2-c2ccc(-c3ccc4c(c3)/C(=C(/C)c3ccccc3)c3cc(-c5ccccc5)ccc3-4)cc21. The van der Waals surface area contributed by atoms with Gasteiger partial charge in [-0.2, -0.15) is 0 Å². The summed E-state index contributed by atoms with van der Waals surface area (Å²) in [5, 5.41) is 0. The highest BCUT2D eigenvalue weighted by Gasteiger charge is 2.42. The van der Waals surface area contributed by atoms with E-state index in [0.29, 0.717) is 0 Å². The number of fused-ring (bicyclic) bond motifs is 6. The average molecular weight is 809 g/mol. The van der Waals surface area contributed by atoms with E-state index < -0.39 is 0 Å². The van der Waals surface area contributed by atoms with Crippen molar-refractivity contribution in [3.8, 4) is 55.6 Å². The molecule has 62 heavy (non-hydrogen) atoms. The third-order valence-electron chi connectivity index (χ3n) is 14.3. The molecule has 0 aromatic heterocycles. The van der Waals surface area contributed by atoms with Crippen molar-refractivity contribution in [3.63, 3.8) is 0 Å². The van der Waals surface area contributed by atoms with Crippen LogP contribution in [0.3, 0.4) is 0 Å². The number of unbranched alkanes of at least 4 members (excludes halogenated alkanes) is 10. The molecule has 0 nitrogen and oxygen atoms in total. The number of hydrogen-bond donors (Lipinski definition) is 0. The summed E-state index contributed by atoms with van der Waals surface area (Å²) in [4.78, 5) is 0. The van der Waals surface area contributed by atoms with Crippen LogP contribution in [-0.2, 0) is 5.41 Å². The summed E-state index contributed by atoms with van der Waals surface area (Å²) in [6.07, 6.45) is 18.3. The fourth-order valence-electron chi connectivity index (χ4n) is 10.9. The molecule has 9 rings (SSSR count). The monoisotopic (exact) mass is 809 g/mol. The molecule has 0 radical (unpaired) electrons. The predicted octanol–water partition coefficient (Wildman–Crippen LogP) is 18.4. The van der Waals surface area contributed by atoms with Crippen LogP contribution in [0, 0.1) is 0 Å². The fourth-order valence-corrected chi connectivity index (χ4v) is 10.9. The molecular formula is C62H64. The Kier molecular flexibility index (Phi) is 12.8. The van der Waals surface area contributed by atoms with Crippen molar-refractivity contribution in [1.82, 2.24) is 0 Å². The van der Waals surface area contributed by atoms with E-state index in [1.807, 2.05) is 0 Å². The molecule has 0 heterocycles. The number of rotatable bonds is 18. The lowest BCUT2D eigenvalue weighted by Gasteiger charge is -2.33. The number of allylic oxidation sites excluding steroid dienone is 1. The molecule has 0 unspecified atom stereocenters. The maximum absolute atomic E-state index is 2.64. The Hall–Kier alpha value is -5.72. The Morgan fingerprint density at radius 1 is 0.339 bits per heavy atom. The van der Waals surface area contributed by atoms with Crippen molar-refractivity contribution in [2.45, 2.75) is 116 Å². The van der Waals surface area contributed by atoms with E-state index in [0.717, 1.165) is 0 Å². The fraction of sp³-hybridized carbons (Fsp3) is 0.290.